The number of carbonyl (C=O) groups is 1. The first-order valence-electron chi connectivity index (χ1n) is 8.63. The molecule has 0 fully saturated rings. The summed E-state index contributed by atoms with van der Waals surface area (Å²) < 4.78 is 11.3. The molecule has 4 aromatic rings. The molecule has 0 aliphatic heterocycles. The molecule has 5 nitrogen and oxygen atoms in total. The van der Waals surface area contributed by atoms with Crippen LogP contribution in [0.1, 0.15) is 5.56 Å². The van der Waals surface area contributed by atoms with Gasteiger partial charge in [-0.25, -0.2) is 4.98 Å². The standard InChI is InChI=1S/C22H18N2O3/c1-15-7-5-6-10-18(15)22-24-19-13-16(11-12-20(19)27-22)23-21(25)14-26-17-8-3-2-4-9-17/h2-13H,14H2,1H3,(H,23,25). The molecule has 0 aliphatic carbocycles. The molecule has 1 N–H and O–H groups in total. The third-order valence-corrected chi connectivity index (χ3v) is 4.16. The van der Waals surface area contributed by atoms with Gasteiger partial charge in [0.2, 0.25) is 5.89 Å². The Kier molecular flexibility index (Phi) is 4.58. The van der Waals surface area contributed by atoms with E-state index in [-0.39, 0.29) is 12.5 Å². The van der Waals surface area contributed by atoms with E-state index in [1.807, 2.05) is 61.5 Å². The van der Waals surface area contributed by atoms with E-state index in [0.29, 0.717) is 28.4 Å². The topological polar surface area (TPSA) is 64.4 Å². The molecule has 27 heavy (non-hydrogen) atoms. The summed E-state index contributed by atoms with van der Waals surface area (Å²) >= 11 is 0. The Morgan fingerprint density at radius 3 is 2.63 bits per heavy atom. The van der Waals surface area contributed by atoms with Crippen molar-refractivity contribution < 1.29 is 13.9 Å². The number of amides is 1. The van der Waals surface area contributed by atoms with Crippen molar-refractivity contribution in [3.63, 3.8) is 0 Å². The Morgan fingerprint density at radius 2 is 1.81 bits per heavy atom. The smallest absolute Gasteiger partial charge is 0.262 e. The number of aryl methyl sites for hydroxylation is 1. The zero-order valence-electron chi connectivity index (χ0n) is 14.8. The van der Waals surface area contributed by atoms with Crippen LogP contribution in [0.4, 0.5) is 5.69 Å². The third-order valence-electron chi connectivity index (χ3n) is 4.16. The highest BCUT2D eigenvalue weighted by molar-refractivity contribution is 5.94. The van der Waals surface area contributed by atoms with Gasteiger partial charge in [-0.2, -0.15) is 0 Å². The molecule has 0 saturated carbocycles. The van der Waals surface area contributed by atoms with Gasteiger partial charge in [0.1, 0.15) is 11.3 Å². The largest absolute Gasteiger partial charge is 0.484 e. The van der Waals surface area contributed by atoms with Crippen molar-refractivity contribution in [2.24, 2.45) is 0 Å². The number of aromatic nitrogens is 1. The molecule has 0 bridgehead atoms. The minimum absolute atomic E-state index is 0.0602. The van der Waals surface area contributed by atoms with Gasteiger partial charge in [0.05, 0.1) is 0 Å². The molecule has 1 heterocycles. The maximum Gasteiger partial charge on any atom is 0.262 e. The molecule has 0 radical (unpaired) electrons. The molecule has 4 rings (SSSR count). The molecule has 0 saturated heterocycles. The molecule has 0 spiro atoms. The Bertz CT molecular complexity index is 1090. The van der Waals surface area contributed by atoms with Gasteiger partial charge in [-0.15, -0.1) is 0 Å². The zero-order valence-corrected chi connectivity index (χ0v) is 14.8. The fourth-order valence-electron chi connectivity index (χ4n) is 2.80. The molecule has 1 aromatic heterocycles. The van der Waals surface area contributed by atoms with Gasteiger partial charge in [0.15, 0.2) is 12.2 Å². The first kappa shape index (κ1) is 16.8. The fraction of sp³-hybridized carbons (Fsp3) is 0.0909. The zero-order chi connectivity index (χ0) is 18.6. The van der Waals surface area contributed by atoms with Crippen LogP contribution in [0.15, 0.2) is 77.2 Å². The van der Waals surface area contributed by atoms with E-state index in [4.69, 9.17) is 9.15 Å². The van der Waals surface area contributed by atoms with Crippen molar-refractivity contribution in [3.8, 4) is 17.2 Å². The van der Waals surface area contributed by atoms with Gasteiger partial charge in [-0.1, -0.05) is 36.4 Å². The average Bonchev–Trinajstić information content (AvgIpc) is 3.10. The Morgan fingerprint density at radius 1 is 1.04 bits per heavy atom. The molecule has 5 heteroatoms. The van der Waals surface area contributed by atoms with Crippen LogP contribution in [0.25, 0.3) is 22.6 Å². The Labute approximate surface area is 156 Å². The maximum absolute atomic E-state index is 12.1. The summed E-state index contributed by atoms with van der Waals surface area (Å²) in [6, 6.07) is 22.5. The van der Waals surface area contributed by atoms with Crippen LogP contribution in [-0.2, 0) is 4.79 Å². The van der Waals surface area contributed by atoms with Crippen LogP contribution in [-0.4, -0.2) is 17.5 Å². The van der Waals surface area contributed by atoms with E-state index in [0.717, 1.165) is 11.1 Å². The number of benzene rings is 3. The molecule has 1 amide bonds. The normalized spacial score (nSPS) is 10.7. The van der Waals surface area contributed by atoms with Crippen LogP contribution in [0.5, 0.6) is 5.75 Å². The van der Waals surface area contributed by atoms with Crippen LogP contribution >= 0.6 is 0 Å². The number of anilines is 1. The van der Waals surface area contributed by atoms with E-state index in [2.05, 4.69) is 10.3 Å². The van der Waals surface area contributed by atoms with Gasteiger partial charge in [0.25, 0.3) is 5.91 Å². The molecule has 134 valence electrons. The van der Waals surface area contributed by atoms with Crippen LogP contribution < -0.4 is 10.1 Å². The molecular weight excluding hydrogens is 340 g/mol. The summed E-state index contributed by atoms with van der Waals surface area (Å²) in [5.74, 6) is 0.988. The van der Waals surface area contributed by atoms with E-state index < -0.39 is 0 Å². The summed E-state index contributed by atoms with van der Waals surface area (Å²) in [6.45, 7) is 1.96. The number of oxazole rings is 1. The van der Waals surface area contributed by atoms with Crippen LogP contribution in [0.3, 0.4) is 0 Å². The minimum atomic E-state index is -0.235. The number of rotatable bonds is 5. The van der Waals surface area contributed by atoms with Crippen molar-refractivity contribution >= 4 is 22.7 Å². The number of nitrogens with one attached hydrogen (secondary N) is 1. The number of nitrogens with zero attached hydrogens (tertiary/aromatic N) is 1. The lowest BCUT2D eigenvalue weighted by molar-refractivity contribution is -0.118. The van der Waals surface area contributed by atoms with Gasteiger partial charge in [0, 0.05) is 11.3 Å². The Balaban J connectivity index is 1.48. The van der Waals surface area contributed by atoms with E-state index in [9.17, 15) is 4.79 Å². The molecule has 3 aromatic carbocycles. The molecular formula is C22H18N2O3. The van der Waals surface area contributed by atoms with Crippen molar-refractivity contribution in [1.82, 2.24) is 4.98 Å². The number of fused-ring (bicyclic) bond motifs is 1. The summed E-state index contributed by atoms with van der Waals surface area (Å²) in [6.07, 6.45) is 0. The second-order valence-corrected chi connectivity index (χ2v) is 6.17. The summed E-state index contributed by atoms with van der Waals surface area (Å²) in [5, 5.41) is 2.82. The first-order valence-corrected chi connectivity index (χ1v) is 8.63. The molecule has 0 unspecified atom stereocenters. The third kappa shape index (κ3) is 3.82. The highest BCUT2D eigenvalue weighted by atomic mass is 16.5. The predicted molar refractivity (Wildman–Crippen MR) is 105 cm³/mol. The lowest BCUT2D eigenvalue weighted by atomic mass is 10.1. The minimum Gasteiger partial charge on any atom is -0.484 e. The summed E-state index contributed by atoms with van der Waals surface area (Å²) in [4.78, 5) is 16.7. The van der Waals surface area contributed by atoms with E-state index in [1.54, 1.807) is 18.2 Å². The van der Waals surface area contributed by atoms with Gasteiger partial charge >= 0.3 is 0 Å². The van der Waals surface area contributed by atoms with Gasteiger partial charge < -0.3 is 14.5 Å². The van der Waals surface area contributed by atoms with E-state index in [1.165, 1.54) is 0 Å². The number of carbonyl (C=O) groups excluding carboxylic acids is 1. The Hall–Kier alpha value is -3.60. The monoisotopic (exact) mass is 358 g/mol. The SMILES string of the molecule is Cc1ccccc1-c1nc2cc(NC(=O)COc3ccccc3)ccc2o1. The highest BCUT2D eigenvalue weighted by Crippen LogP contribution is 2.28. The number of hydrogen-bond acceptors (Lipinski definition) is 4. The number of hydrogen-bond donors (Lipinski definition) is 1. The second-order valence-electron chi connectivity index (χ2n) is 6.17. The van der Waals surface area contributed by atoms with Gasteiger partial charge in [-0.3, -0.25) is 4.79 Å². The lowest BCUT2D eigenvalue weighted by Crippen LogP contribution is -2.20. The predicted octanol–water partition coefficient (Wildman–Crippen LogP) is 4.82. The van der Waals surface area contributed by atoms with Crippen LogP contribution in [0.2, 0.25) is 0 Å². The van der Waals surface area contributed by atoms with Crippen molar-refractivity contribution in [3.05, 3.63) is 78.4 Å². The average molecular weight is 358 g/mol. The van der Waals surface area contributed by atoms with Crippen molar-refractivity contribution in [2.45, 2.75) is 6.92 Å². The first-order chi connectivity index (χ1) is 13.2. The van der Waals surface area contributed by atoms with Gasteiger partial charge in [-0.05, 0) is 48.9 Å². The maximum atomic E-state index is 12.1. The summed E-state index contributed by atoms with van der Waals surface area (Å²) in [5.41, 5.74) is 4.06. The summed E-state index contributed by atoms with van der Waals surface area (Å²) in [7, 11) is 0. The number of para-hydroxylation sites is 1. The van der Waals surface area contributed by atoms with Crippen molar-refractivity contribution in [1.29, 1.82) is 0 Å². The quantitative estimate of drug-likeness (QED) is 0.555. The number of ether oxygens (including phenoxy) is 1. The molecule has 0 atom stereocenters. The van der Waals surface area contributed by atoms with Crippen LogP contribution in [0, 0.1) is 6.92 Å². The second kappa shape index (κ2) is 7.33. The van der Waals surface area contributed by atoms with Crippen molar-refractivity contribution in [2.75, 3.05) is 11.9 Å². The van der Waals surface area contributed by atoms with E-state index >= 15 is 0 Å². The fourth-order valence-corrected chi connectivity index (χ4v) is 2.80. The lowest BCUT2D eigenvalue weighted by Gasteiger charge is -2.07. The highest BCUT2D eigenvalue weighted by Gasteiger charge is 2.11. The molecule has 0 aliphatic rings.